The number of hydrogen-bond acceptors (Lipinski definition) is 7. The Morgan fingerprint density at radius 3 is 2.52 bits per heavy atom. The van der Waals surface area contributed by atoms with Crippen molar-refractivity contribution in [3.8, 4) is 11.8 Å². The summed E-state index contributed by atoms with van der Waals surface area (Å²) in [4.78, 5) is 40.3. The largest absolute Gasteiger partial charge is 0.465 e. The van der Waals surface area contributed by atoms with Crippen LogP contribution in [0.5, 0.6) is 0 Å². The highest BCUT2D eigenvalue weighted by Crippen LogP contribution is 2.38. The number of anilines is 1. The van der Waals surface area contributed by atoms with E-state index < -0.39 is 29.4 Å². The zero-order chi connectivity index (χ0) is 24.9. The highest BCUT2D eigenvalue weighted by molar-refractivity contribution is 7.17. The molecule has 1 aromatic heterocycles. The van der Waals surface area contributed by atoms with Crippen LogP contribution in [-0.4, -0.2) is 48.8 Å². The summed E-state index contributed by atoms with van der Waals surface area (Å²) >= 11 is 1.24. The van der Waals surface area contributed by atoms with Gasteiger partial charge in [-0.1, -0.05) is 18.8 Å². The Morgan fingerprint density at radius 1 is 1.30 bits per heavy atom. The first kappa shape index (κ1) is 26.9. The summed E-state index contributed by atoms with van der Waals surface area (Å²) in [5, 5.41) is 9.95. The molecule has 0 spiro atoms. The minimum Gasteiger partial charge on any atom is -0.465 e. The lowest BCUT2D eigenvalue weighted by atomic mass is 9.79. The molecular formula is C25H35NO6S. The Labute approximate surface area is 200 Å². The zero-order valence-electron chi connectivity index (χ0n) is 20.6. The van der Waals surface area contributed by atoms with E-state index >= 15 is 0 Å². The van der Waals surface area contributed by atoms with Crippen LogP contribution >= 0.6 is 11.3 Å². The third-order valence-electron chi connectivity index (χ3n) is 5.70. The van der Waals surface area contributed by atoms with Gasteiger partial charge >= 0.3 is 11.9 Å². The van der Waals surface area contributed by atoms with Gasteiger partial charge in [-0.25, -0.2) is 4.79 Å². The monoisotopic (exact) mass is 477 g/mol. The minimum atomic E-state index is -0.598. The summed E-state index contributed by atoms with van der Waals surface area (Å²) < 4.78 is 10.5. The van der Waals surface area contributed by atoms with Crippen molar-refractivity contribution < 1.29 is 29.0 Å². The SMILES string of the molecule is COC(=O)c1cc(C#CC(C)(C)CO)sc1N(C(=O)[C@@H]1CC[C@@H](C)C[C@@H]1OC(C)=O)C(C)C. The van der Waals surface area contributed by atoms with Crippen LogP contribution in [0, 0.1) is 29.1 Å². The molecule has 2 rings (SSSR count). The molecule has 0 aromatic carbocycles. The summed E-state index contributed by atoms with van der Waals surface area (Å²) in [5.74, 6) is 4.78. The zero-order valence-corrected chi connectivity index (χ0v) is 21.4. The maximum Gasteiger partial charge on any atom is 0.340 e. The summed E-state index contributed by atoms with van der Waals surface area (Å²) in [6, 6.07) is 1.38. The van der Waals surface area contributed by atoms with Crippen molar-refractivity contribution in [1.82, 2.24) is 0 Å². The molecule has 182 valence electrons. The number of ether oxygens (including phenoxy) is 2. The molecule has 1 amide bonds. The number of carbonyl (C=O) groups excluding carboxylic acids is 3. The molecule has 1 N–H and O–H groups in total. The van der Waals surface area contributed by atoms with Crippen molar-refractivity contribution in [2.75, 3.05) is 18.6 Å². The summed E-state index contributed by atoms with van der Waals surface area (Å²) in [6.07, 6.45) is 1.60. The van der Waals surface area contributed by atoms with Crippen molar-refractivity contribution in [2.45, 2.75) is 73.0 Å². The van der Waals surface area contributed by atoms with Gasteiger partial charge in [0.15, 0.2) is 0 Å². The predicted octanol–water partition coefficient (Wildman–Crippen LogP) is 4.01. The predicted molar refractivity (Wildman–Crippen MR) is 128 cm³/mol. The number of methoxy groups -OCH3 is 1. The van der Waals surface area contributed by atoms with Gasteiger partial charge in [0.1, 0.15) is 11.1 Å². The fraction of sp³-hybridized carbons (Fsp3) is 0.640. The fourth-order valence-electron chi connectivity index (χ4n) is 3.87. The third-order valence-corrected chi connectivity index (χ3v) is 6.75. The van der Waals surface area contributed by atoms with Gasteiger partial charge in [-0.3, -0.25) is 9.59 Å². The highest BCUT2D eigenvalue weighted by atomic mass is 32.1. The van der Waals surface area contributed by atoms with E-state index in [2.05, 4.69) is 18.8 Å². The van der Waals surface area contributed by atoms with E-state index in [9.17, 15) is 19.5 Å². The lowest BCUT2D eigenvalue weighted by molar-refractivity contribution is -0.154. The van der Waals surface area contributed by atoms with E-state index in [0.717, 1.165) is 6.42 Å². The van der Waals surface area contributed by atoms with E-state index in [1.807, 2.05) is 27.7 Å². The molecule has 33 heavy (non-hydrogen) atoms. The average Bonchev–Trinajstić information content (AvgIpc) is 3.15. The second-order valence-corrected chi connectivity index (χ2v) is 10.6. The van der Waals surface area contributed by atoms with E-state index in [1.165, 1.54) is 25.4 Å². The van der Waals surface area contributed by atoms with Crippen LogP contribution in [0.15, 0.2) is 6.07 Å². The van der Waals surface area contributed by atoms with Crippen LogP contribution in [-0.2, 0) is 19.1 Å². The summed E-state index contributed by atoms with van der Waals surface area (Å²) in [6.45, 7) is 10.7. The molecule has 1 aliphatic carbocycles. The molecule has 0 aliphatic heterocycles. The Hall–Kier alpha value is -2.37. The van der Waals surface area contributed by atoms with Gasteiger partial charge in [-0.05, 0) is 58.9 Å². The maximum atomic E-state index is 13.8. The molecule has 7 nitrogen and oxygen atoms in total. The molecule has 0 radical (unpaired) electrons. The molecule has 0 bridgehead atoms. The second kappa shape index (κ2) is 11.2. The number of hydrogen-bond donors (Lipinski definition) is 1. The summed E-state index contributed by atoms with van der Waals surface area (Å²) in [5.41, 5.74) is -0.331. The first-order chi connectivity index (χ1) is 15.4. The first-order valence-electron chi connectivity index (χ1n) is 11.3. The number of amides is 1. The van der Waals surface area contributed by atoms with Gasteiger partial charge in [0.05, 0.1) is 30.1 Å². The van der Waals surface area contributed by atoms with Gasteiger partial charge in [0, 0.05) is 18.4 Å². The van der Waals surface area contributed by atoms with Gasteiger partial charge in [-0.2, -0.15) is 0 Å². The number of aliphatic hydroxyl groups excluding tert-OH is 1. The van der Waals surface area contributed by atoms with Crippen LogP contribution in [0.2, 0.25) is 0 Å². The van der Waals surface area contributed by atoms with Crippen LogP contribution in [0.4, 0.5) is 5.00 Å². The number of esters is 2. The normalized spacial score (nSPS) is 20.6. The molecule has 1 heterocycles. The number of rotatable bonds is 6. The molecule has 1 aromatic rings. The quantitative estimate of drug-likeness (QED) is 0.491. The van der Waals surface area contributed by atoms with Gasteiger partial charge in [0.2, 0.25) is 5.91 Å². The standard InChI is InChI=1S/C25H35NO6S/c1-15(2)26(22(29)19-9-8-16(3)12-21(19)32-17(4)28)23-20(24(30)31-7)13-18(33-23)10-11-25(5,6)14-27/h13,15-16,19,21,27H,8-9,12,14H2,1-7H3/t16-,19-,21+/m1/s1. The number of nitrogens with zero attached hydrogens (tertiary/aromatic N) is 1. The highest BCUT2D eigenvalue weighted by Gasteiger charge is 2.40. The molecule has 1 aliphatic rings. The molecule has 0 saturated heterocycles. The Bertz CT molecular complexity index is 938. The average molecular weight is 478 g/mol. The van der Waals surface area contributed by atoms with Crippen molar-refractivity contribution in [3.63, 3.8) is 0 Å². The molecular weight excluding hydrogens is 442 g/mol. The van der Waals surface area contributed by atoms with Crippen LogP contribution in [0.3, 0.4) is 0 Å². The first-order valence-corrected chi connectivity index (χ1v) is 12.1. The molecule has 3 atom stereocenters. The van der Waals surface area contributed by atoms with Crippen LogP contribution < -0.4 is 4.90 Å². The number of thiophene rings is 1. The molecule has 8 heteroatoms. The Kier molecular flexibility index (Phi) is 9.10. The van der Waals surface area contributed by atoms with E-state index in [0.29, 0.717) is 28.6 Å². The second-order valence-electron chi connectivity index (χ2n) is 9.59. The maximum absolute atomic E-state index is 13.8. The number of aliphatic hydroxyl groups is 1. The molecule has 0 unspecified atom stereocenters. The van der Waals surface area contributed by atoms with E-state index in [1.54, 1.807) is 11.0 Å². The van der Waals surface area contributed by atoms with Gasteiger partial charge < -0.3 is 19.5 Å². The topological polar surface area (TPSA) is 93.1 Å². The molecule has 1 saturated carbocycles. The minimum absolute atomic E-state index is 0.101. The lowest BCUT2D eigenvalue weighted by Gasteiger charge is -2.37. The summed E-state index contributed by atoms with van der Waals surface area (Å²) in [7, 11) is 1.30. The van der Waals surface area contributed by atoms with Gasteiger partial charge in [-0.15, -0.1) is 11.3 Å². The number of carbonyl (C=O) groups is 3. The smallest absolute Gasteiger partial charge is 0.340 e. The lowest BCUT2D eigenvalue weighted by Crippen LogP contribution is -2.47. The van der Waals surface area contributed by atoms with E-state index in [-0.39, 0.29) is 24.1 Å². The van der Waals surface area contributed by atoms with Crippen LogP contribution in [0.1, 0.15) is 76.0 Å². The Morgan fingerprint density at radius 2 is 1.97 bits per heavy atom. The molecule has 1 fully saturated rings. The Balaban J connectivity index is 2.51. The third kappa shape index (κ3) is 6.81. The van der Waals surface area contributed by atoms with Crippen molar-refractivity contribution >= 4 is 34.2 Å². The van der Waals surface area contributed by atoms with Crippen molar-refractivity contribution in [2.24, 2.45) is 17.3 Å². The van der Waals surface area contributed by atoms with E-state index in [4.69, 9.17) is 9.47 Å². The van der Waals surface area contributed by atoms with Crippen molar-refractivity contribution in [3.05, 3.63) is 16.5 Å². The van der Waals surface area contributed by atoms with Crippen LogP contribution in [0.25, 0.3) is 0 Å². The van der Waals surface area contributed by atoms with Crippen molar-refractivity contribution in [1.29, 1.82) is 0 Å². The van der Waals surface area contributed by atoms with Gasteiger partial charge in [0.25, 0.3) is 0 Å². The fourth-order valence-corrected chi connectivity index (χ4v) is 5.01.